The van der Waals surface area contributed by atoms with Crippen molar-refractivity contribution in [2.75, 3.05) is 19.7 Å². The summed E-state index contributed by atoms with van der Waals surface area (Å²) in [5.41, 5.74) is 0. The van der Waals surface area contributed by atoms with E-state index in [1.807, 2.05) is 0 Å². The van der Waals surface area contributed by atoms with Crippen LogP contribution in [0.2, 0.25) is 0 Å². The Hall–Kier alpha value is -1.62. The highest BCUT2D eigenvalue weighted by Gasteiger charge is 2.25. The number of carbonyl (C=O) groups excluding carboxylic acids is 1. The molecular formula is C16H22FNO3. The van der Waals surface area contributed by atoms with E-state index in [0.29, 0.717) is 13.1 Å². The molecule has 4 nitrogen and oxygen atoms in total. The summed E-state index contributed by atoms with van der Waals surface area (Å²) in [6.45, 7) is 3.32. The van der Waals surface area contributed by atoms with Gasteiger partial charge in [-0.05, 0) is 37.8 Å². The third kappa shape index (κ3) is 4.43. The highest BCUT2D eigenvalue weighted by atomic mass is 19.1. The average molecular weight is 295 g/mol. The zero-order valence-electron chi connectivity index (χ0n) is 12.3. The fraction of sp³-hybridized carbons (Fsp3) is 0.562. The van der Waals surface area contributed by atoms with Crippen LogP contribution in [0.4, 0.5) is 4.39 Å². The van der Waals surface area contributed by atoms with Crippen molar-refractivity contribution in [3.8, 4) is 5.75 Å². The number of benzene rings is 1. The lowest BCUT2D eigenvalue weighted by atomic mass is 9.92. The van der Waals surface area contributed by atoms with Gasteiger partial charge >= 0.3 is 0 Å². The van der Waals surface area contributed by atoms with Crippen molar-refractivity contribution in [2.45, 2.75) is 32.3 Å². The van der Waals surface area contributed by atoms with E-state index in [1.54, 1.807) is 30.0 Å². The van der Waals surface area contributed by atoms with Gasteiger partial charge in [-0.1, -0.05) is 12.1 Å². The second kappa shape index (κ2) is 7.41. The molecule has 1 heterocycles. The molecule has 21 heavy (non-hydrogen) atoms. The minimum absolute atomic E-state index is 0.0235. The normalized spacial score (nSPS) is 17.6. The number of hydrogen-bond acceptors (Lipinski definition) is 3. The molecule has 1 N–H and O–H groups in total. The van der Waals surface area contributed by atoms with E-state index < -0.39 is 5.82 Å². The zero-order valence-corrected chi connectivity index (χ0v) is 12.3. The van der Waals surface area contributed by atoms with Gasteiger partial charge in [-0.3, -0.25) is 4.79 Å². The van der Waals surface area contributed by atoms with Crippen LogP contribution in [0.1, 0.15) is 26.2 Å². The number of carbonyl (C=O) groups is 1. The van der Waals surface area contributed by atoms with Crippen LogP contribution in [0, 0.1) is 11.7 Å². The van der Waals surface area contributed by atoms with E-state index in [9.17, 15) is 14.3 Å². The third-order valence-electron chi connectivity index (χ3n) is 3.98. The smallest absolute Gasteiger partial charge is 0.225 e. The summed E-state index contributed by atoms with van der Waals surface area (Å²) in [5.74, 6) is 0.0694. The molecule has 1 aliphatic rings. The van der Waals surface area contributed by atoms with Crippen LogP contribution in [0.25, 0.3) is 0 Å². The highest BCUT2D eigenvalue weighted by molar-refractivity contribution is 5.76. The Kier molecular flexibility index (Phi) is 5.56. The molecule has 0 radical (unpaired) electrons. The van der Waals surface area contributed by atoms with Gasteiger partial charge in [0.05, 0.1) is 19.1 Å². The highest BCUT2D eigenvalue weighted by Crippen LogP contribution is 2.21. The second-order valence-electron chi connectivity index (χ2n) is 5.49. The Bertz CT molecular complexity index is 470. The summed E-state index contributed by atoms with van der Waals surface area (Å²) < 4.78 is 18.6. The van der Waals surface area contributed by atoms with Crippen molar-refractivity contribution in [3.05, 3.63) is 30.1 Å². The number of piperidine rings is 1. The number of para-hydroxylation sites is 1. The lowest BCUT2D eigenvalue weighted by molar-refractivity contribution is -0.133. The molecule has 116 valence electrons. The Labute approximate surface area is 124 Å². The van der Waals surface area contributed by atoms with E-state index in [-0.39, 0.29) is 36.7 Å². The van der Waals surface area contributed by atoms with Gasteiger partial charge < -0.3 is 14.7 Å². The summed E-state index contributed by atoms with van der Waals surface area (Å²) in [6, 6.07) is 6.17. The number of likely N-dealkylation sites (tertiary alicyclic amines) is 1. The first-order chi connectivity index (χ1) is 10.1. The second-order valence-corrected chi connectivity index (χ2v) is 5.49. The Balaban J connectivity index is 1.72. The first kappa shape index (κ1) is 15.8. The Morgan fingerprint density at radius 3 is 2.71 bits per heavy atom. The lowest BCUT2D eigenvalue weighted by Crippen LogP contribution is -2.41. The average Bonchev–Trinajstić information content (AvgIpc) is 2.49. The SMILES string of the molecule is C[C@H](O)C1CCN(C(=O)CCOc2ccccc2F)CC1. The third-order valence-corrected chi connectivity index (χ3v) is 3.98. The molecule has 1 aliphatic heterocycles. The molecule has 0 spiro atoms. The van der Waals surface area contributed by atoms with E-state index in [0.717, 1.165) is 12.8 Å². The summed E-state index contributed by atoms with van der Waals surface area (Å²) in [7, 11) is 0. The number of amides is 1. The maximum atomic E-state index is 13.3. The lowest BCUT2D eigenvalue weighted by Gasteiger charge is -2.33. The van der Waals surface area contributed by atoms with Crippen LogP contribution in [0.3, 0.4) is 0 Å². The van der Waals surface area contributed by atoms with Crippen LogP contribution in [0.5, 0.6) is 5.75 Å². The number of aliphatic hydroxyl groups excluding tert-OH is 1. The van der Waals surface area contributed by atoms with Gasteiger partial charge in [0.15, 0.2) is 11.6 Å². The molecule has 1 amide bonds. The van der Waals surface area contributed by atoms with Crippen molar-refractivity contribution in [1.29, 1.82) is 0 Å². The van der Waals surface area contributed by atoms with Gasteiger partial charge in [-0.15, -0.1) is 0 Å². The fourth-order valence-electron chi connectivity index (χ4n) is 2.60. The molecule has 0 bridgehead atoms. The largest absolute Gasteiger partial charge is 0.490 e. The molecule has 0 unspecified atom stereocenters. The van der Waals surface area contributed by atoms with Gasteiger partial charge in [0.2, 0.25) is 5.91 Å². The molecule has 1 aromatic carbocycles. The molecule has 0 aliphatic carbocycles. The molecule has 0 aromatic heterocycles. The first-order valence-corrected chi connectivity index (χ1v) is 7.41. The van der Waals surface area contributed by atoms with E-state index >= 15 is 0 Å². The number of halogens is 1. The predicted octanol–water partition coefficient (Wildman–Crippen LogP) is 2.21. The fourth-order valence-corrected chi connectivity index (χ4v) is 2.60. The van der Waals surface area contributed by atoms with E-state index in [4.69, 9.17) is 4.74 Å². The molecule has 2 rings (SSSR count). The van der Waals surface area contributed by atoms with Crippen molar-refractivity contribution >= 4 is 5.91 Å². The molecule has 5 heteroatoms. The molecule has 1 fully saturated rings. The van der Waals surface area contributed by atoms with Crippen LogP contribution in [0.15, 0.2) is 24.3 Å². The van der Waals surface area contributed by atoms with Crippen molar-refractivity contribution in [1.82, 2.24) is 4.90 Å². The number of rotatable bonds is 5. The minimum atomic E-state index is -0.414. The number of aliphatic hydroxyl groups is 1. The van der Waals surface area contributed by atoms with Gasteiger partial charge in [-0.25, -0.2) is 4.39 Å². The maximum absolute atomic E-state index is 13.3. The maximum Gasteiger partial charge on any atom is 0.225 e. The van der Waals surface area contributed by atoms with E-state index in [1.165, 1.54) is 6.07 Å². The van der Waals surface area contributed by atoms with Gasteiger partial charge in [0.1, 0.15) is 0 Å². The van der Waals surface area contributed by atoms with Crippen molar-refractivity contribution in [3.63, 3.8) is 0 Å². The van der Waals surface area contributed by atoms with Crippen molar-refractivity contribution in [2.24, 2.45) is 5.92 Å². The summed E-state index contributed by atoms with van der Waals surface area (Å²) in [4.78, 5) is 13.8. The van der Waals surface area contributed by atoms with Gasteiger partial charge in [0, 0.05) is 13.1 Å². The zero-order chi connectivity index (χ0) is 15.2. The Morgan fingerprint density at radius 2 is 2.10 bits per heavy atom. The van der Waals surface area contributed by atoms with E-state index in [2.05, 4.69) is 0 Å². The number of hydrogen-bond donors (Lipinski definition) is 1. The van der Waals surface area contributed by atoms with Crippen LogP contribution in [-0.2, 0) is 4.79 Å². The molecule has 1 atom stereocenters. The van der Waals surface area contributed by atoms with Crippen LogP contribution < -0.4 is 4.74 Å². The molecular weight excluding hydrogens is 273 g/mol. The van der Waals surface area contributed by atoms with Crippen molar-refractivity contribution < 1.29 is 19.0 Å². The van der Waals surface area contributed by atoms with Gasteiger partial charge in [0.25, 0.3) is 0 Å². The summed E-state index contributed by atoms with van der Waals surface area (Å²) >= 11 is 0. The van der Waals surface area contributed by atoms with Crippen LogP contribution >= 0.6 is 0 Å². The van der Waals surface area contributed by atoms with Crippen LogP contribution in [-0.4, -0.2) is 41.7 Å². The monoisotopic (exact) mass is 295 g/mol. The standard InChI is InChI=1S/C16H22FNO3/c1-12(19)13-6-9-18(10-7-13)16(20)8-11-21-15-5-3-2-4-14(15)17/h2-5,12-13,19H,6-11H2,1H3/t12-/m0/s1. The topological polar surface area (TPSA) is 49.8 Å². The Morgan fingerprint density at radius 1 is 1.43 bits per heavy atom. The molecule has 0 saturated carbocycles. The minimum Gasteiger partial charge on any atom is -0.490 e. The quantitative estimate of drug-likeness (QED) is 0.906. The first-order valence-electron chi connectivity index (χ1n) is 7.41. The summed E-state index contributed by atoms with van der Waals surface area (Å²) in [6.07, 6.45) is 1.59. The molecule has 1 aromatic rings. The predicted molar refractivity (Wildman–Crippen MR) is 77.5 cm³/mol. The number of ether oxygens (including phenoxy) is 1. The number of nitrogens with zero attached hydrogens (tertiary/aromatic N) is 1. The molecule has 1 saturated heterocycles. The summed E-state index contributed by atoms with van der Waals surface area (Å²) in [5, 5.41) is 9.54. The van der Waals surface area contributed by atoms with Gasteiger partial charge in [-0.2, -0.15) is 0 Å².